The highest BCUT2D eigenvalue weighted by Crippen LogP contribution is 2.11. The maximum Gasteiger partial charge on any atom is 0.242 e. The van der Waals surface area contributed by atoms with Crippen molar-refractivity contribution in [3.8, 4) is 0 Å². The van der Waals surface area contributed by atoms with Crippen LogP contribution in [0.2, 0.25) is 0 Å². The number of carbonyl (C=O) groups excluding carboxylic acids is 2. The summed E-state index contributed by atoms with van der Waals surface area (Å²) >= 11 is 0. The van der Waals surface area contributed by atoms with Gasteiger partial charge in [-0.25, -0.2) is 0 Å². The summed E-state index contributed by atoms with van der Waals surface area (Å²) < 4.78 is 0. The SMILES string of the molecule is CN(CC(=O)N1CCCC1)C(=O)C1CC(O)CN1. The van der Waals surface area contributed by atoms with Gasteiger partial charge in [0.05, 0.1) is 18.7 Å². The molecule has 102 valence electrons. The zero-order valence-corrected chi connectivity index (χ0v) is 10.8. The quantitative estimate of drug-likeness (QED) is 0.664. The first-order valence-electron chi connectivity index (χ1n) is 6.52. The third-order valence-corrected chi connectivity index (χ3v) is 3.61. The summed E-state index contributed by atoms with van der Waals surface area (Å²) in [5.41, 5.74) is 0. The van der Waals surface area contributed by atoms with Crippen molar-refractivity contribution < 1.29 is 14.7 Å². The molecule has 0 saturated carbocycles. The van der Waals surface area contributed by atoms with Crippen molar-refractivity contribution in [3.05, 3.63) is 0 Å². The van der Waals surface area contributed by atoms with Gasteiger partial charge in [0.15, 0.2) is 0 Å². The number of hydrogen-bond donors (Lipinski definition) is 2. The number of aliphatic hydroxyl groups is 1. The number of rotatable bonds is 3. The number of hydrogen-bond acceptors (Lipinski definition) is 4. The van der Waals surface area contributed by atoms with Crippen LogP contribution in [0.4, 0.5) is 0 Å². The van der Waals surface area contributed by atoms with Crippen molar-refractivity contribution in [2.24, 2.45) is 0 Å². The minimum atomic E-state index is -0.457. The maximum atomic E-state index is 12.0. The molecule has 0 aromatic rings. The van der Waals surface area contributed by atoms with E-state index in [4.69, 9.17) is 0 Å². The molecule has 2 unspecified atom stereocenters. The third kappa shape index (κ3) is 3.00. The molecule has 2 atom stereocenters. The molecule has 0 aromatic heterocycles. The van der Waals surface area contributed by atoms with E-state index in [1.54, 1.807) is 11.9 Å². The van der Waals surface area contributed by atoms with E-state index >= 15 is 0 Å². The van der Waals surface area contributed by atoms with E-state index in [-0.39, 0.29) is 24.4 Å². The standard InChI is InChI=1S/C12H21N3O3/c1-14(8-11(17)15-4-2-3-5-15)12(18)10-6-9(16)7-13-10/h9-10,13,16H,2-8H2,1H3. The molecule has 0 radical (unpaired) electrons. The van der Waals surface area contributed by atoms with Crippen LogP contribution in [0.5, 0.6) is 0 Å². The summed E-state index contributed by atoms with van der Waals surface area (Å²) in [6.07, 6.45) is 2.09. The highest BCUT2D eigenvalue weighted by atomic mass is 16.3. The predicted octanol–water partition coefficient (Wildman–Crippen LogP) is -1.21. The zero-order valence-electron chi connectivity index (χ0n) is 10.8. The Kier molecular flexibility index (Phi) is 4.19. The zero-order chi connectivity index (χ0) is 13.1. The monoisotopic (exact) mass is 255 g/mol. The van der Waals surface area contributed by atoms with Gasteiger partial charge in [-0.15, -0.1) is 0 Å². The second-order valence-corrected chi connectivity index (χ2v) is 5.13. The molecular formula is C12H21N3O3. The van der Waals surface area contributed by atoms with Gasteiger partial charge in [0, 0.05) is 26.7 Å². The lowest BCUT2D eigenvalue weighted by Crippen LogP contribution is -2.46. The molecule has 6 heteroatoms. The normalized spacial score (nSPS) is 27.6. The molecule has 2 aliphatic heterocycles. The van der Waals surface area contributed by atoms with Crippen LogP contribution in [0.25, 0.3) is 0 Å². The molecule has 2 saturated heterocycles. The van der Waals surface area contributed by atoms with Crippen LogP contribution in [-0.4, -0.2) is 72.1 Å². The van der Waals surface area contributed by atoms with Crippen molar-refractivity contribution in [1.29, 1.82) is 0 Å². The first kappa shape index (κ1) is 13.3. The van der Waals surface area contributed by atoms with Gasteiger partial charge in [-0.05, 0) is 19.3 Å². The average Bonchev–Trinajstić information content (AvgIpc) is 2.98. The second kappa shape index (κ2) is 5.67. The summed E-state index contributed by atoms with van der Waals surface area (Å²) in [6.45, 7) is 2.19. The van der Waals surface area contributed by atoms with E-state index < -0.39 is 6.10 Å². The molecule has 0 spiro atoms. The number of nitrogens with one attached hydrogen (secondary N) is 1. The van der Waals surface area contributed by atoms with Gasteiger partial charge in [-0.2, -0.15) is 0 Å². The third-order valence-electron chi connectivity index (χ3n) is 3.61. The minimum absolute atomic E-state index is 0.0156. The van der Waals surface area contributed by atoms with Crippen molar-refractivity contribution in [2.75, 3.05) is 33.2 Å². The first-order chi connectivity index (χ1) is 8.58. The van der Waals surface area contributed by atoms with Crippen molar-refractivity contribution in [1.82, 2.24) is 15.1 Å². The second-order valence-electron chi connectivity index (χ2n) is 5.13. The fraction of sp³-hybridized carbons (Fsp3) is 0.833. The number of aliphatic hydroxyl groups excluding tert-OH is 1. The molecular weight excluding hydrogens is 234 g/mol. The number of nitrogens with zero attached hydrogens (tertiary/aromatic N) is 2. The Bertz CT molecular complexity index is 329. The van der Waals surface area contributed by atoms with E-state index in [9.17, 15) is 14.7 Å². The molecule has 0 bridgehead atoms. The van der Waals surface area contributed by atoms with Gasteiger partial charge in [-0.1, -0.05) is 0 Å². The van der Waals surface area contributed by atoms with E-state index in [0.29, 0.717) is 13.0 Å². The number of amides is 2. The Morgan fingerprint density at radius 1 is 1.39 bits per heavy atom. The molecule has 2 heterocycles. The molecule has 18 heavy (non-hydrogen) atoms. The highest BCUT2D eigenvalue weighted by molar-refractivity contribution is 5.87. The van der Waals surface area contributed by atoms with Gasteiger partial charge in [-0.3, -0.25) is 9.59 Å². The Labute approximate surface area is 107 Å². The van der Waals surface area contributed by atoms with E-state index in [1.807, 2.05) is 0 Å². The van der Waals surface area contributed by atoms with Gasteiger partial charge in [0.1, 0.15) is 0 Å². The number of carbonyl (C=O) groups is 2. The van der Waals surface area contributed by atoms with E-state index in [2.05, 4.69) is 5.32 Å². The van der Waals surface area contributed by atoms with Gasteiger partial charge in [0.2, 0.25) is 11.8 Å². The van der Waals surface area contributed by atoms with Crippen LogP contribution in [-0.2, 0) is 9.59 Å². The maximum absolute atomic E-state index is 12.0. The lowest BCUT2D eigenvalue weighted by atomic mass is 10.2. The topological polar surface area (TPSA) is 72.9 Å². The molecule has 6 nitrogen and oxygen atoms in total. The number of likely N-dealkylation sites (tertiary alicyclic amines) is 1. The average molecular weight is 255 g/mol. The van der Waals surface area contributed by atoms with E-state index in [1.165, 1.54) is 4.90 Å². The van der Waals surface area contributed by atoms with Gasteiger partial charge in [0.25, 0.3) is 0 Å². The van der Waals surface area contributed by atoms with Crippen molar-refractivity contribution >= 4 is 11.8 Å². The molecule has 2 rings (SSSR count). The minimum Gasteiger partial charge on any atom is -0.392 e. The Balaban J connectivity index is 1.81. The Hall–Kier alpha value is -1.14. The molecule has 2 amide bonds. The van der Waals surface area contributed by atoms with Crippen LogP contribution >= 0.6 is 0 Å². The van der Waals surface area contributed by atoms with Crippen LogP contribution in [0.3, 0.4) is 0 Å². The number of β-amino-alcohol motifs (C(OH)–C–C–N with tert-alkyl or cyclic N) is 1. The first-order valence-corrected chi connectivity index (χ1v) is 6.52. The van der Waals surface area contributed by atoms with Gasteiger partial charge >= 0.3 is 0 Å². The fourth-order valence-corrected chi connectivity index (χ4v) is 2.52. The van der Waals surface area contributed by atoms with Crippen LogP contribution in [0.15, 0.2) is 0 Å². The smallest absolute Gasteiger partial charge is 0.242 e. The molecule has 0 aliphatic carbocycles. The number of likely N-dealkylation sites (N-methyl/N-ethyl adjacent to an activating group) is 1. The lowest BCUT2D eigenvalue weighted by Gasteiger charge is -2.23. The highest BCUT2D eigenvalue weighted by Gasteiger charge is 2.31. The summed E-state index contributed by atoms with van der Waals surface area (Å²) in [4.78, 5) is 27.2. The largest absolute Gasteiger partial charge is 0.392 e. The summed E-state index contributed by atoms with van der Waals surface area (Å²) in [5.74, 6) is -0.0963. The fourth-order valence-electron chi connectivity index (χ4n) is 2.52. The summed E-state index contributed by atoms with van der Waals surface area (Å²) in [7, 11) is 1.64. The summed E-state index contributed by atoms with van der Waals surface area (Å²) in [6, 6.07) is -0.351. The van der Waals surface area contributed by atoms with Gasteiger partial charge < -0.3 is 20.2 Å². The molecule has 0 aromatic carbocycles. The molecule has 2 fully saturated rings. The summed E-state index contributed by atoms with van der Waals surface area (Å²) in [5, 5.41) is 12.3. The van der Waals surface area contributed by atoms with Crippen LogP contribution in [0, 0.1) is 0 Å². The molecule has 2 N–H and O–H groups in total. The Morgan fingerprint density at radius 2 is 2.06 bits per heavy atom. The van der Waals surface area contributed by atoms with Crippen molar-refractivity contribution in [2.45, 2.75) is 31.4 Å². The predicted molar refractivity (Wildman–Crippen MR) is 65.9 cm³/mol. The van der Waals surface area contributed by atoms with Crippen LogP contribution in [0.1, 0.15) is 19.3 Å². The molecule has 2 aliphatic rings. The van der Waals surface area contributed by atoms with Crippen LogP contribution < -0.4 is 5.32 Å². The lowest BCUT2D eigenvalue weighted by molar-refractivity contribution is -0.139. The Morgan fingerprint density at radius 3 is 2.61 bits per heavy atom. The van der Waals surface area contributed by atoms with E-state index in [0.717, 1.165) is 25.9 Å². The van der Waals surface area contributed by atoms with Crippen molar-refractivity contribution in [3.63, 3.8) is 0 Å².